The molecule has 76 valence electrons. The summed E-state index contributed by atoms with van der Waals surface area (Å²) in [6, 6.07) is 1.88. The quantitative estimate of drug-likeness (QED) is 0.673. The van der Waals surface area contributed by atoms with Crippen molar-refractivity contribution in [2.45, 2.75) is 13.2 Å². The Morgan fingerprint density at radius 1 is 1.50 bits per heavy atom. The van der Waals surface area contributed by atoms with Gasteiger partial charge in [-0.15, -0.1) is 0 Å². The van der Waals surface area contributed by atoms with Gasteiger partial charge in [-0.1, -0.05) is 0 Å². The zero-order valence-corrected chi connectivity index (χ0v) is 8.06. The SMILES string of the molecule is CN.c1cc2nn3c(c2o1)COCC3. The minimum absolute atomic E-state index is 0.615. The average Bonchev–Trinajstić information content (AvgIpc) is 2.80. The van der Waals surface area contributed by atoms with E-state index in [4.69, 9.17) is 9.15 Å². The minimum Gasteiger partial charge on any atom is -0.461 e. The molecule has 14 heavy (non-hydrogen) atoms. The van der Waals surface area contributed by atoms with Crippen molar-refractivity contribution in [3.05, 3.63) is 18.0 Å². The number of hydrogen-bond acceptors (Lipinski definition) is 4. The van der Waals surface area contributed by atoms with Crippen LogP contribution in [0, 0.1) is 0 Å². The lowest BCUT2D eigenvalue weighted by atomic mass is 10.3. The van der Waals surface area contributed by atoms with Gasteiger partial charge in [0.1, 0.15) is 11.2 Å². The summed E-state index contributed by atoms with van der Waals surface area (Å²) in [5, 5.41) is 4.36. The maximum Gasteiger partial charge on any atom is 0.177 e. The third-order valence-electron chi connectivity index (χ3n) is 2.13. The van der Waals surface area contributed by atoms with E-state index in [2.05, 4.69) is 10.8 Å². The Balaban J connectivity index is 0.000000354. The van der Waals surface area contributed by atoms with Crippen molar-refractivity contribution in [1.82, 2.24) is 9.78 Å². The zero-order chi connectivity index (χ0) is 9.97. The maximum atomic E-state index is 5.31. The molecule has 1 aliphatic heterocycles. The Kier molecular flexibility index (Phi) is 2.51. The van der Waals surface area contributed by atoms with Gasteiger partial charge in [0, 0.05) is 6.07 Å². The molecule has 0 bridgehead atoms. The number of ether oxygens (including phenoxy) is 1. The summed E-state index contributed by atoms with van der Waals surface area (Å²) in [6.45, 7) is 2.20. The van der Waals surface area contributed by atoms with Crippen LogP contribution in [0.25, 0.3) is 11.1 Å². The highest BCUT2D eigenvalue weighted by molar-refractivity contribution is 5.75. The number of nitrogens with two attached hydrogens (primary N) is 1. The summed E-state index contributed by atoms with van der Waals surface area (Å²) in [6.07, 6.45) is 1.66. The molecule has 0 atom stereocenters. The smallest absolute Gasteiger partial charge is 0.177 e. The lowest BCUT2D eigenvalue weighted by Gasteiger charge is -2.12. The Labute approximate surface area is 81.4 Å². The molecule has 0 saturated carbocycles. The van der Waals surface area contributed by atoms with Gasteiger partial charge >= 0.3 is 0 Å². The van der Waals surface area contributed by atoms with Crippen LogP contribution in [0.1, 0.15) is 5.69 Å². The van der Waals surface area contributed by atoms with Gasteiger partial charge in [0.25, 0.3) is 0 Å². The van der Waals surface area contributed by atoms with Gasteiger partial charge in [0.05, 0.1) is 26.0 Å². The summed E-state index contributed by atoms with van der Waals surface area (Å²) in [4.78, 5) is 0. The standard InChI is InChI=1S/C8H8N2O2.CH5N/c1-3-12-8-6(1)9-10-2-4-11-5-7(8)10;1-2/h1,3H,2,4-5H2;2H2,1H3. The van der Waals surface area contributed by atoms with Crippen molar-refractivity contribution in [3.63, 3.8) is 0 Å². The van der Waals surface area contributed by atoms with Gasteiger partial charge in [-0.3, -0.25) is 4.68 Å². The number of nitrogens with zero attached hydrogens (tertiary/aromatic N) is 2. The molecule has 0 fully saturated rings. The molecule has 0 amide bonds. The molecule has 0 spiro atoms. The van der Waals surface area contributed by atoms with E-state index in [-0.39, 0.29) is 0 Å². The summed E-state index contributed by atoms with van der Waals surface area (Å²) < 4.78 is 12.6. The zero-order valence-electron chi connectivity index (χ0n) is 8.06. The molecule has 0 aromatic carbocycles. The molecular formula is C9H13N3O2. The van der Waals surface area contributed by atoms with Crippen molar-refractivity contribution < 1.29 is 9.15 Å². The van der Waals surface area contributed by atoms with Crippen LogP contribution in [0.4, 0.5) is 0 Å². The molecule has 0 saturated heterocycles. The molecule has 2 N–H and O–H groups in total. The molecule has 5 heteroatoms. The normalized spacial score (nSPS) is 14.7. The van der Waals surface area contributed by atoms with Gasteiger partial charge in [-0.05, 0) is 7.05 Å². The number of hydrogen-bond donors (Lipinski definition) is 1. The van der Waals surface area contributed by atoms with Crippen LogP contribution in [0.3, 0.4) is 0 Å². The van der Waals surface area contributed by atoms with Crippen LogP contribution in [0.15, 0.2) is 16.7 Å². The highest BCUT2D eigenvalue weighted by Crippen LogP contribution is 2.21. The largest absolute Gasteiger partial charge is 0.461 e. The van der Waals surface area contributed by atoms with E-state index < -0.39 is 0 Å². The van der Waals surface area contributed by atoms with E-state index in [1.165, 1.54) is 7.05 Å². The Morgan fingerprint density at radius 3 is 3.21 bits per heavy atom. The second kappa shape index (κ2) is 3.81. The topological polar surface area (TPSA) is 66.2 Å². The molecule has 5 nitrogen and oxygen atoms in total. The Morgan fingerprint density at radius 2 is 2.36 bits per heavy atom. The van der Waals surface area contributed by atoms with Gasteiger partial charge in [-0.25, -0.2) is 0 Å². The highest BCUT2D eigenvalue weighted by Gasteiger charge is 2.16. The van der Waals surface area contributed by atoms with Crippen LogP contribution >= 0.6 is 0 Å². The van der Waals surface area contributed by atoms with E-state index in [0.717, 1.165) is 29.9 Å². The molecular weight excluding hydrogens is 182 g/mol. The maximum absolute atomic E-state index is 5.31. The first-order chi connectivity index (χ1) is 6.95. The lowest BCUT2D eigenvalue weighted by molar-refractivity contribution is 0.0803. The average molecular weight is 195 g/mol. The second-order valence-corrected chi connectivity index (χ2v) is 2.86. The second-order valence-electron chi connectivity index (χ2n) is 2.86. The van der Waals surface area contributed by atoms with Crippen molar-refractivity contribution in [1.29, 1.82) is 0 Å². The van der Waals surface area contributed by atoms with E-state index >= 15 is 0 Å². The van der Waals surface area contributed by atoms with Crippen LogP contribution in [0.2, 0.25) is 0 Å². The number of furan rings is 1. The van der Waals surface area contributed by atoms with Crippen LogP contribution in [-0.2, 0) is 17.9 Å². The number of rotatable bonds is 0. The fourth-order valence-corrected chi connectivity index (χ4v) is 1.55. The van der Waals surface area contributed by atoms with Gasteiger partial charge in [0.15, 0.2) is 5.58 Å². The minimum atomic E-state index is 0.615. The first kappa shape index (κ1) is 9.23. The van der Waals surface area contributed by atoms with Crippen molar-refractivity contribution in [3.8, 4) is 0 Å². The molecule has 0 unspecified atom stereocenters. The lowest BCUT2D eigenvalue weighted by Crippen LogP contribution is -2.17. The summed E-state index contributed by atoms with van der Waals surface area (Å²) in [7, 11) is 1.50. The van der Waals surface area contributed by atoms with E-state index in [9.17, 15) is 0 Å². The number of fused-ring (bicyclic) bond motifs is 3. The molecule has 0 aliphatic carbocycles. The molecule has 2 aromatic heterocycles. The Hall–Kier alpha value is -1.33. The predicted molar refractivity (Wildman–Crippen MR) is 51.8 cm³/mol. The first-order valence-electron chi connectivity index (χ1n) is 4.53. The molecule has 0 radical (unpaired) electrons. The first-order valence-corrected chi connectivity index (χ1v) is 4.53. The van der Waals surface area contributed by atoms with Crippen LogP contribution < -0.4 is 5.73 Å². The predicted octanol–water partition coefficient (Wildman–Crippen LogP) is 0.734. The third kappa shape index (κ3) is 1.30. The van der Waals surface area contributed by atoms with Crippen molar-refractivity contribution in [2.75, 3.05) is 13.7 Å². The molecule has 3 rings (SSSR count). The van der Waals surface area contributed by atoms with Crippen molar-refractivity contribution >= 4 is 11.1 Å². The van der Waals surface area contributed by atoms with Gasteiger partial charge < -0.3 is 14.9 Å². The summed E-state index contributed by atoms with van der Waals surface area (Å²) in [5.41, 5.74) is 7.35. The van der Waals surface area contributed by atoms with Crippen LogP contribution in [0.5, 0.6) is 0 Å². The van der Waals surface area contributed by atoms with E-state index in [1.807, 2.05) is 10.7 Å². The Bertz CT molecular complexity index is 419. The van der Waals surface area contributed by atoms with Crippen molar-refractivity contribution in [2.24, 2.45) is 5.73 Å². The fraction of sp³-hybridized carbons (Fsp3) is 0.444. The number of aromatic nitrogens is 2. The molecule has 3 heterocycles. The fourth-order valence-electron chi connectivity index (χ4n) is 1.55. The summed E-state index contributed by atoms with van der Waals surface area (Å²) >= 11 is 0. The van der Waals surface area contributed by atoms with Gasteiger partial charge in [-0.2, -0.15) is 5.10 Å². The highest BCUT2D eigenvalue weighted by atomic mass is 16.5. The monoisotopic (exact) mass is 195 g/mol. The summed E-state index contributed by atoms with van der Waals surface area (Å²) in [5.74, 6) is 0. The van der Waals surface area contributed by atoms with Gasteiger partial charge in [0.2, 0.25) is 0 Å². The van der Waals surface area contributed by atoms with E-state index in [1.54, 1.807) is 6.26 Å². The van der Waals surface area contributed by atoms with Crippen LogP contribution in [-0.4, -0.2) is 23.4 Å². The molecule has 2 aromatic rings. The third-order valence-corrected chi connectivity index (χ3v) is 2.13. The molecule has 1 aliphatic rings. The van der Waals surface area contributed by atoms with E-state index in [0.29, 0.717) is 6.61 Å².